The number of ether oxygens (including phenoxy) is 3. The number of alkyl halides is 2. The molecule has 4 unspecified atom stereocenters. The Morgan fingerprint density at radius 2 is 1.75 bits per heavy atom. The van der Waals surface area contributed by atoms with Crippen LogP contribution in [0.3, 0.4) is 0 Å². The molecule has 0 spiro atoms. The van der Waals surface area contributed by atoms with Crippen LogP contribution in [0.1, 0.15) is 94.1 Å². The molecule has 13 nitrogen and oxygen atoms in total. The minimum Gasteiger partial charge on any atom is -0.472 e. The smallest absolute Gasteiger partial charge is 0.412 e. The fourth-order valence-electron chi connectivity index (χ4n) is 11.2. The Hall–Kier alpha value is -5.34. The first kappa shape index (κ1) is 46.2. The Morgan fingerprint density at radius 3 is 2.38 bits per heavy atom. The zero-order chi connectivity index (χ0) is 47.1. The standard InChI is InChI=1S/C48H60F3N7O6Si/c1-25(2)65(26(3)4,27(5)6)18-17-29-13-12-14-30-19-31(52-45(59)64-47(8,9)10)20-34(36(29)30)39-38(49)40-37-42(55-44(54-40)62-23-33-21-48(50,51)24-56(33)11)57-22-32-15-16-35(58(32)46(60)61)41(57)28(7)63-43(37)53-39/h12-14,19-20,25-28,32-33,35,41H,15-16,21-24H2,1-11H3,(H,52,59)(H,60,61)/t28?,32?,33-,35?,41?/m0/s1. The van der Waals surface area contributed by atoms with Gasteiger partial charge in [-0.15, -0.1) is 5.54 Å². The van der Waals surface area contributed by atoms with E-state index in [9.17, 15) is 23.5 Å². The first-order valence-electron chi connectivity index (χ1n) is 22.7. The van der Waals surface area contributed by atoms with Gasteiger partial charge in [0.05, 0.1) is 24.7 Å². The van der Waals surface area contributed by atoms with Gasteiger partial charge in [-0.2, -0.15) is 9.97 Å². The third kappa shape index (κ3) is 8.41. The Balaban J connectivity index is 1.37. The van der Waals surface area contributed by atoms with E-state index in [1.54, 1.807) is 40.0 Å². The number of carbonyl (C=O) groups is 2. The van der Waals surface area contributed by atoms with Gasteiger partial charge in [0.2, 0.25) is 5.88 Å². The molecule has 6 heterocycles. The predicted molar refractivity (Wildman–Crippen MR) is 247 cm³/mol. The van der Waals surface area contributed by atoms with Crippen LogP contribution >= 0.6 is 0 Å². The molecule has 0 saturated carbocycles. The number of hydrogen-bond donors (Lipinski definition) is 2. The van der Waals surface area contributed by atoms with E-state index in [1.807, 2.05) is 30.0 Å². The summed E-state index contributed by atoms with van der Waals surface area (Å²) in [4.78, 5) is 45.3. The van der Waals surface area contributed by atoms with Gasteiger partial charge in [0.15, 0.2) is 5.82 Å². The third-order valence-corrected chi connectivity index (χ3v) is 20.2. The second kappa shape index (κ2) is 16.8. The monoisotopic (exact) mass is 915 g/mol. The number of nitrogens with zero attached hydrogens (tertiary/aromatic N) is 6. The molecule has 2 aromatic heterocycles. The number of benzene rings is 2. The molecule has 5 atom stereocenters. The third-order valence-electron chi connectivity index (χ3n) is 13.9. The van der Waals surface area contributed by atoms with Gasteiger partial charge in [-0.25, -0.2) is 27.7 Å². The van der Waals surface area contributed by atoms with Crippen molar-refractivity contribution in [1.82, 2.24) is 24.8 Å². The molecule has 2 N–H and O–H groups in total. The number of carboxylic acid groups (broad SMARTS) is 1. The molecule has 17 heteroatoms. The fraction of sp³-hybridized carbons (Fsp3) is 0.562. The molecule has 2 aromatic carbocycles. The van der Waals surface area contributed by atoms with Crippen LogP contribution in [0, 0.1) is 17.3 Å². The van der Waals surface area contributed by atoms with Gasteiger partial charge in [-0.3, -0.25) is 15.1 Å². The van der Waals surface area contributed by atoms with Crippen LogP contribution in [0.4, 0.5) is 34.3 Å². The number of hydrogen-bond acceptors (Lipinski definition) is 10. The van der Waals surface area contributed by atoms with Crippen LogP contribution in [0.15, 0.2) is 30.3 Å². The van der Waals surface area contributed by atoms with Crippen molar-refractivity contribution in [3.8, 4) is 34.6 Å². The number of fused-ring (bicyclic) bond motifs is 6. The summed E-state index contributed by atoms with van der Waals surface area (Å²) in [6, 6.07) is 6.82. The van der Waals surface area contributed by atoms with E-state index in [0.717, 1.165) is 0 Å². The first-order valence-corrected chi connectivity index (χ1v) is 24.9. The number of nitrogens with one attached hydrogen (secondary N) is 1. The SMILES string of the molecule is CC1Oc2nc(-c3cc(NC(=O)OC(C)(C)C)cc4cccc(C#C[Si](C(C)C)(C(C)C)C(C)C)c34)c(F)c3nc(OC[C@@H]4CC(F)(F)CN4C)nc(c23)N2CC3CCC(C12)N3C(=O)O. The Bertz CT molecular complexity index is 2590. The lowest BCUT2D eigenvalue weighted by molar-refractivity contribution is 0.0136. The summed E-state index contributed by atoms with van der Waals surface area (Å²) in [6.45, 7) is 20.2. The summed E-state index contributed by atoms with van der Waals surface area (Å²) in [7, 11) is -0.661. The minimum atomic E-state index is -2.90. The molecule has 4 aliphatic heterocycles. The Labute approximate surface area is 379 Å². The lowest BCUT2D eigenvalue weighted by atomic mass is 9.95. The maximum absolute atomic E-state index is 18.1. The highest BCUT2D eigenvalue weighted by atomic mass is 28.3. The van der Waals surface area contributed by atoms with Crippen molar-refractivity contribution < 1.29 is 42.1 Å². The largest absolute Gasteiger partial charge is 0.472 e. The zero-order valence-electron chi connectivity index (χ0n) is 39.1. The molecule has 4 aliphatic rings. The van der Waals surface area contributed by atoms with Gasteiger partial charge in [0.25, 0.3) is 5.92 Å². The number of carbonyl (C=O) groups excluding carboxylic acids is 1. The van der Waals surface area contributed by atoms with Crippen LogP contribution in [-0.4, -0.2) is 119 Å². The number of aromatic nitrogens is 3. The summed E-state index contributed by atoms with van der Waals surface area (Å²) < 4.78 is 65.5. The summed E-state index contributed by atoms with van der Waals surface area (Å²) in [5.41, 5.74) is 4.99. The average Bonchev–Trinajstić information content (AvgIpc) is 3.62. The van der Waals surface area contributed by atoms with E-state index >= 15 is 4.39 Å². The van der Waals surface area contributed by atoms with Crippen LogP contribution in [0.5, 0.6) is 11.9 Å². The number of amides is 2. The van der Waals surface area contributed by atoms with Gasteiger partial charge >= 0.3 is 18.2 Å². The van der Waals surface area contributed by atoms with Crippen LogP contribution in [-0.2, 0) is 4.74 Å². The number of halogens is 3. The number of rotatable bonds is 8. The average molecular weight is 916 g/mol. The molecule has 348 valence electrons. The summed E-state index contributed by atoms with van der Waals surface area (Å²) in [5, 5.41) is 14.6. The molecule has 65 heavy (non-hydrogen) atoms. The summed E-state index contributed by atoms with van der Waals surface area (Å²) in [5.74, 6) is 0.128. The zero-order valence-corrected chi connectivity index (χ0v) is 40.1. The normalized spacial score (nSPS) is 22.8. The molecule has 2 amide bonds. The lowest BCUT2D eigenvalue weighted by Crippen LogP contribution is -2.64. The molecule has 4 aromatic rings. The Kier molecular flexibility index (Phi) is 12.0. The van der Waals surface area contributed by atoms with E-state index in [-0.39, 0.29) is 53.5 Å². The number of anilines is 2. The van der Waals surface area contributed by atoms with Gasteiger partial charge in [0, 0.05) is 41.2 Å². The quantitative estimate of drug-likeness (QED) is 0.129. The van der Waals surface area contributed by atoms with Crippen molar-refractivity contribution in [2.24, 2.45) is 0 Å². The number of pyridine rings is 1. The minimum absolute atomic E-state index is 0.0286. The van der Waals surface area contributed by atoms with Gasteiger partial charge in [-0.05, 0) is 87.8 Å². The van der Waals surface area contributed by atoms with Crippen molar-refractivity contribution in [1.29, 1.82) is 0 Å². The predicted octanol–water partition coefficient (Wildman–Crippen LogP) is 10.1. The van der Waals surface area contributed by atoms with Crippen LogP contribution in [0.2, 0.25) is 16.6 Å². The number of likely N-dealkylation sites (tertiary alicyclic amines) is 1. The van der Waals surface area contributed by atoms with E-state index in [2.05, 4.69) is 63.3 Å². The van der Waals surface area contributed by atoms with Crippen molar-refractivity contribution in [3.05, 3.63) is 41.7 Å². The molecule has 0 aliphatic carbocycles. The highest BCUT2D eigenvalue weighted by Crippen LogP contribution is 2.48. The molecular weight excluding hydrogens is 856 g/mol. The van der Waals surface area contributed by atoms with Crippen molar-refractivity contribution in [3.63, 3.8) is 0 Å². The molecule has 3 saturated heterocycles. The molecular formula is C48H60F3N7O6Si. The Morgan fingerprint density at radius 1 is 1.05 bits per heavy atom. The second-order valence-electron chi connectivity index (χ2n) is 20.2. The van der Waals surface area contributed by atoms with Crippen LogP contribution < -0.4 is 19.7 Å². The van der Waals surface area contributed by atoms with Gasteiger partial charge < -0.3 is 24.2 Å². The highest BCUT2D eigenvalue weighted by molar-refractivity contribution is 6.90. The molecule has 0 radical (unpaired) electrons. The maximum atomic E-state index is 18.1. The lowest BCUT2D eigenvalue weighted by Gasteiger charge is -2.47. The molecule has 8 rings (SSSR count). The summed E-state index contributed by atoms with van der Waals surface area (Å²) >= 11 is 0. The van der Waals surface area contributed by atoms with E-state index < -0.39 is 74.8 Å². The summed E-state index contributed by atoms with van der Waals surface area (Å²) in [6.07, 6.45) is -1.63. The van der Waals surface area contributed by atoms with Gasteiger partial charge in [-0.1, -0.05) is 59.6 Å². The first-order chi connectivity index (χ1) is 30.5. The van der Waals surface area contributed by atoms with E-state index in [1.165, 1.54) is 9.80 Å². The molecule has 2 bridgehead atoms. The van der Waals surface area contributed by atoms with Crippen molar-refractivity contribution in [2.45, 2.75) is 147 Å². The van der Waals surface area contributed by atoms with Gasteiger partial charge in [0.1, 0.15) is 48.8 Å². The number of likely N-dealkylation sites (N-methyl/N-ethyl adjacent to an activating group) is 1. The second-order valence-corrected chi connectivity index (χ2v) is 25.8. The molecule has 3 fully saturated rings. The topological polar surface area (TPSA) is 142 Å². The highest BCUT2D eigenvalue weighted by Gasteiger charge is 2.53. The van der Waals surface area contributed by atoms with E-state index in [0.29, 0.717) is 57.1 Å². The van der Waals surface area contributed by atoms with Crippen LogP contribution in [0.25, 0.3) is 32.9 Å². The van der Waals surface area contributed by atoms with Crippen molar-refractivity contribution >= 4 is 53.4 Å². The maximum Gasteiger partial charge on any atom is 0.412 e. The van der Waals surface area contributed by atoms with E-state index in [4.69, 9.17) is 24.2 Å². The number of piperazine rings is 1. The fourth-order valence-corrected chi connectivity index (χ4v) is 16.4. The van der Waals surface area contributed by atoms with Crippen molar-refractivity contribution in [2.75, 3.05) is 37.0 Å².